The Morgan fingerprint density at radius 1 is 1.19 bits per heavy atom. The molecule has 1 aromatic carbocycles. The van der Waals surface area contributed by atoms with Crippen LogP contribution in [0.15, 0.2) is 65.2 Å². The molecule has 3 aromatic rings. The zero-order valence-corrected chi connectivity index (χ0v) is 18.7. The Hall–Kier alpha value is -2.64. The summed E-state index contributed by atoms with van der Waals surface area (Å²) in [6.45, 7) is 0.567. The van der Waals surface area contributed by atoms with Crippen molar-refractivity contribution in [2.75, 3.05) is 11.1 Å². The number of pyridine rings is 1. The van der Waals surface area contributed by atoms with Crippen LogP contribution in [0.3, 0.4) is 0 Å². The number of hydrogen-bond acceptors (Lipinski definition) is 5. The number of nitrogens with one attached hydrogen (secondary N) is 1. The van der Waals surface area contributed by atoms with Crippen molar-refractivity contribution in [1.82, 2.24) is 9.88 Å². The number of carbonyl (C=O) groups is 2. The van der Waals surface area contributed by atoms with Crippen molar-refractivity contribution in [1.29, 1.82) is 0 Å². The highest BCUT2D eigenvalue weighted by atomic mass is 32.2. The lowest BCUT2D eigenvalue weighted by Crippen LogP contribution is -2.34. The Morgan fingerprint density at radius 3 is 2.97 bits per heavy atom. The molecule has 5 rings (SSSR count). The maximum Gasteiger partial charge on any atom is 0.251 e. The van der Waals surface area contributed by atoms with Gasteiger partial charge in [-0.25, -0.2) is 4.98 Å². The molecule has 0 radical (unpaired) electrons. The van der Waals surface area contributed by atoms with E-state index in [4.69, 9.17) is 0 Å². The Kier molecular flexibility index (Phi) is 5.78. The summed E-state index contributed by atoms with van der Waals surface area (Å²) in [4.78, 5) is 31.9. The van der Waals surface area contributed by atoms with E-state index in [1.807, 2.05) is 17.0 Å². The molecule has 2 aliphatic rings. The molecule has 5 nitrogen and oxygen atoms in total. The van der Waals surface area contributed by atoms with Gasteiger partial charge in [0.1, 0.15) is 11.2 Å². The Bertz CT molecular complexity index is 1160. The standard InChI is InChI=1S/C24H23N3O2S2/c28-22(26-21-7-3-4-11-25-21)15-31-24-19-6-2-1-5-18(19)23(29)27(24)14-16-8-9-20-17(13-16)10-12-30-20/h3-4,7-13,24H,1-2,5-6,14-15H2,(H,25,26,28). The summed E-state index contributed by atoms with van der Waals surface area (Å²) in [6.07, 6.45) is 5.63. The summed E-state index contributed by atoms with van der Waals surface area (Å²) in [5.41, 5.74) is 3.33. The number of rotatable bonds is 6. The molecule has 2 aromatic heterocycles. The van der Waals surface area contributed by atoms with Crippen LogP contribution >= 0.6 is 23.1 Å². The molecule has 0 spiro atoms. The normalized spacial score (nSPS) is 18.5. The van der Waals surface area contributed by atoms with Crippen LogP contribution < -0.4 is 5.32 Å². The fraction of sp³-hybridized carbons (Fsp3) is 0.292. The largest absolute Gasteiger partial charge is 0.319 e. The minimum absolute atomic E-state index is 0.0737. The van der Waals surface area contributed by atoms with Gasteiger partial charge in [0.2, 0.25) is 5.91 Å². The van der Waals surface area contributed by atoms with Gasteiger partial charge in [-0.2, -0.15) is 0 Å². The molecule has 1 aliphatic carbocycles. The van der Waals surface area contributed by atoms with E-state index in [-0.39, 0.29) is 22.9 Å². The van der Waals surface area contributed by atoms with Crippen LogP contribution in [0.4, 0.5) is 5.82 Å². The lowest BCUT2D eigenvalue weighted by Gasteiger charge is -2.27. The minimum atomic E-state index is -0.0966. The molecule has 1 unspecified atom stereocenters. The van der Waals surface area contributed by atoms with Gasteiger partial charge >= 0.3 is 0 Å². The third kappa shape index (κ3) is 4.25. The van der Waals surface area contributed by atoms with Gasteiger partial charge in [0.05, 0.1) is 5.75 Å². The fourth-order valence-electron chi connectivity index (χ4n) is 4.34. The van der Waals surface area contributed by atoms with E-state index in [0.29, 0.717) is 12.4 Å². The number of hydrogen-bond donors (Lipinski definition) is 1. The van der Waals surface area contributed by atoms with Crippen molar-refractivity contribution in [3.05, 3.63) is 70.8 Å². The summed E-state index contributed by atoms with van der Waals surface area (Å²) in [5.74, 6) is 0.878. The highest BCUT2D eigenvalue weighted by Crippen LogP contribution is 2.42. The number of thiophene rings is 1. The van der Waals surface area contributed by atoms with Crippen LogP contribution in [0.2, 0.25) is 0 Å². The van der Waals surface area contributed by atoms with Gasteiger partial charge in [0.15, 0.2) is 0 Å². The second-order valence-electron chi connectivity index (χ2n) is 7.86. The van der Waals surface area contributed by atoms with Crippen molar-refractivity contribution in [3.63, 3.8) is 0 Å². The van der Waals surface area contributed by atoms with Crippen LogP contribution in [-0.2, 0) is 16.1 Å². The van der Waals surface area contributed by atoms with E-state index in [2.05, 4.69) is 39.9 Å². The summed E-state index contributed by atoms with van der Waals surface area (Å²) < 4.78 is 1.26. The van der Waals surface area contributed by atoms with Crippen LogP contribution in [0.5, 0.6) is 0 Å². The zero-order chi connectivity index (χ0) is 21.2. The maximum atomic E-state index is 13.3. The fourth-order valence-corrected chi connectivity index (χ4v) is 6.30. The highest BCUT2D eigenvalue weighted by molar-refractivity contribution is 8.00. The second kappa shape index (κ2) is 8.85. The maximum absolute atomic E-state index is 13.3. The first-order chi connectivity index (χ1) is 15.2. The van der Waals surface area contributed by atoms with Crippen molar-refractivity contribution < 1.29 is 9.59 Å². The molecule has 2 amide bonds. The summed E-state index contributed by atoms with van der Waals surface area (Å²) >= 11 is 3.27. The monoisotopic (exact) mass is 449 g/mol. The van der Waals surface area contributed by atoms with Gasteiger partial charge in [0, 0.05) is 23.0 Å². The molecule has 0 bridgehead atoms. The molecule has 0 fully saturated rings. The summed E-state index contributed by atoms with van der Waals surface area (Å²) in [6, 6.07) is 14.0. The number of carbonyl (C=O) groups excluding carboxylic acids is 2. The van der Waals surface area contributed by atoms with E-state index in [9.17, 15) is 9.59 Å². The van der Waals surface area contributed by atoms with Gasteiger partial charge in [-0.15, -0.1) is 23.1 Å². The molecular formula is C24H23N3O2S2. The number of thioether (sulfide) groups is 1. The first kappa shape index (κ1) is 20.3. The van der Waals surface area contributed by atoms with E-state index in [0.717, 1.165) is 36.8 Å². The van der Waals surface area contributed by atoms with Crippen LogP contribution in [0.1, 0.15) is 31.2 Å². The molecule has 1 aliphatic heterocycles. The highest BCUT2D eigenvalue weighted by Gasteiger charge is 2.40. The third-order valence-electron chi connectivity index (χ3n) is 5.79. The van der Waals surface area contributed by atoms with Gasteiger partial charge < -0.3 is 10.2 Å². The van der Waals surface area contributed by atoms with Crippen LogP contribution in [0.25, 0.3) is 10.1 Å². The van der Waals surface area contributed by atoms with Gasteiger partial charge in [0.25, 0.3) is 5.91 Å². The molecule has 31 heavy (non-hydrogen) atoms. The molecule has 0 saturated carbocycles. The Labute approximate surface area is 189 Å². The third-order valence-corrected chi connectivity index (χ3v) is 7.97. The second-order valence-corrected chi connectivity index (χ2v) is 9.88. The van der Waals surface area contributed by atoms with Crippen molar-refractivity contribution in [3.8, 4) is 0 Å². The predicted molar refractivity (Wildman–Crippen MR) is 127 cm³/mol. The Morgan fingerprint density at radius 2 is 2.10 bits per heavy atom. The van der Waals surface area contributed by atoms with E-state index < -0.39 is 0 Å². The summed E-state index contributed by atoms with van der Waals surface area (Å²) in [5, 5.41) is 6.07. The topological polar surface area (TPSA) is 62.3 Å². The predicted octanol–water partition coefficient (Wildman–Crippen LogP) is 5.21. The van der Waals surface area contributed by atoms with E-state index >= 15 is 0 Å². The molecule has 1 N–H and O–H groups in total. The van der Waals surface area contributed by atoms with Crippen molar-refractivity contribution in [2.45, 2.75) is 37.6 Å². The molecule has 3 heterocycles. The van der Waals surface area contributed by atoms with Crippen LogP contribution in [0, 0.1) is 0 Å². The summed E-state index contributed by atoms with van der Waals surface area (Å²) in [7, 11) is 0. The lowest BCUT2D eigenvalue weighted by molar-refractivity contribution is -0.126. The average molecular weight is 450 g/mol. The average Bonchev–Trinajstić information content (AvgIpc) is 3.36. The van der Waals surface area contributed by atoms with E-state index in [1.165, 1.54) is 15.7 Å². The number of aromatic nitrogens is 1. The lowest BCUT2D eigenvalue weighted by atomic mass is 9.94. The van der Waals surface area contributed by atoms with Gasteiger partial charge in [-0.3, -0.25) is 9.59 Å². The number of fused-ring (bicyclic) bond motifs is 1. The minimum Gasteiger partial charge on any atom is -0.319 e. The smallest absolute Gasteiger partial charge is 0.251 e. The van der Waals surface area contributed by atoms with Gasteiger partial charge in [-0.05, 0) is 77.9 Å². The molecule has 0 saturated heterocycles. The first-order valence-electron chi connectivity index (χ1n) is 10.5. The zero-order valence-electron chi connectivity index (χ0n) is 17.0. The SMILES string of the molecule is O=C(CSC1C2=C(CCCC2)C(=O)N1Cc1ccc2sccc2c1)Nc1ccccn1. The number of amides is 2. The molecule has 158 valence electrons. The first-order valence-corrected chi connectivity index (χ1v) is 12.4. The number of anilines is 1. The van der Waals surface area contributed by atoms with E-state index in [1.54, 1.807) is 35.4 Å². The van der Waals surface area contributed by atoms with Gasteiger partial charge in [-0.1, -0.05) is 12.1 Å². The molecule has 7 heteroatoms. The number of benzene rings is 1. The molecular weight excluding hydrogens is 426 g/mol. The van der Waals surface area contributed by atoms with Crippen molar-refractivity contribution in [2.24, 2.45) is 0 Å². The Balaban J connectivity index is 1.33. The quantitative estimate of drug-likeness (QED) is 0.561. The van der Waals surface area contributed by atoms with Crippen LogP contribution in [-0.4, -0.2) is 32.8 Å². The number of nitrogens with zero attached hydrogens (tertiary/aromatic N) is 2. The van der Waals surface area contributed by atoms with Crippen molar-refractivity contribution >= 4 is 50.8 Å². The molecule has 1 atom stereocenters.